The smallest absolute Gasteiger partial charge is 0.325 e. The zero-order chi connectivity index (χ0) is 22.3. The first kappa shape index (κ1) is 23.6. The van der Waals surface area contributed by atoms with Gasteiger partial charge < -0.3 is 15.0 Å². The maximum absolute atomic E-state index is 13.1. The van der Waals surface area contributed by atoms with Crippen molar-refractivity contribution in [2.75, 3.05) is 25.0 Å². The van der Waals surface area contributed by atoms with Gasteiger partial charge in [-0.3, -0.25) is 14.4 Å². The highest BCUT2D eigenvalue weighted by Gasteiger charge is 2.21. The zero-order valence-corrected chi connectivity index (χ0v) is 19.3. The van der Waals surface area contributed by atoms with Crippen LogP contribution in [0.25, 0.3) is 0 Å². The Morgan fingerprint density at radius 3 is 2.30 bits per heavy atom. The molecule has 6 nitrogen and oxygen atoms in total. The van der Waals surface area contributed by atoms with Crippen molar-refractivity contribution >= 4 is 39.4 Å². The fraction of sp³-hybridized carbons (Fsp3) is 0.348. The van der Waals surface area contributed by atoms with Crippen LogP contribution in [0.1, 0.15) is 47.1 Å². The van der Waals surface area contributed by atoms with Gasteiger partial charge in [0.25, 0.3) is 11.8 Å². The van der Waals surface area contributed by atoms with Gasteiger partial charge >= 0.3 is 5.97 Å². The number of rotatable bonds is 8. The van der Waals surface area contributed by atoms with Crippen LogP contribution in [0.5, 0.6) is 0 Å². The molecule has 0 saturated carbocycles. The monoisotopic (exact) mass is 474 g/mol. The van der Waals surface area contributed by atoms with E-state index in [0.717, 1.165) is 10.0 Å². The van der Waals surface area contributed by atoms with E-state index in [1.54, 1.807) is 49.4 Å². The molecule has 2 aromatic rings. The molecule has 160 valence electrons. The molecule has 0 heterocycles. The molecule has 0 aliphatic heterocycles. The van der Waals surface area contributed by atoms with Crippen LogP contribution in [0, 0.1) is 12.8 Å². The molecule has 30 heavy (non-hydrogen) atoms. The van der Waals surface area contributed by atoms with Crippen LogP contribution >= 0.6 is 15.9 Å². The summed E-state index contributed by atoms with van der Waals surface area (Å²) in [7, 11) is 0. The Hall–Kier alpha value is -2.67. The summed E-state index contributed by atoms with van der Waals surface area (Å²) in [5.74, 6) is -0.801. The molecule has 0 saturated heterocycles. The van der Waals surface area contributed by atoms with Crippen LogP contribution < -0.4 is 5.32 Å². The van der Waals surface area contributed by atoms with E-state index in [0.29, 0.717) is 23.4 Å². The van der Waals surface area contributed by atoms with Crippen molar-refractivity contribution < 1.29 is 19.1 Å². The van der Waals surface area contributed by atoms with Crippen LogP contribution in [-0.2, 0) is 9.53 Å². The number of aryl methyl sites for hydroxylation is 1. The molecule has 1 N–H and O–H groups in total. The molecule has 0 radical (unpaired) electrons. The van der Waals surface area contributed by atoms with Gasteiger partial charge in [-0.1, -0.05) is 35.8 Å². The minimum atomic E-state index is -0.442. The van der Waals surface area contributed by atoms with Gasteiger partial charge in [-0.05, 0) is 61.7 Å². The number of esters is 1. The van der Waals surface area contributed by atoms with Crippen LogP contribution in [0.15, 0.2) is 46.9 Å². The molecule has 0 bridgehead atoms. The van der Waals surface area contributed by atoms with Gasteiger partial charge in [-0.25, -0.2) is 0 Å². The minimum absolute atomic E-state index is 0.112. The number of amides is 2. The van der Waals surface area contributed by atoms with E-state index in [-0.39, 0.29) is 30.9 Å². The highest BCUT2D eigenvalue weighted by molar-refractivity contribution is 9.10. The van der Waals surface area contributed by atoms with E-state index in [2.05, 4.69) is 21.2 Å². The lowest BCUT2D eigenvalue weighted by molar-refractivity contribution is -0.143. The van der Waals surface area contributed by atoms with E-state index in [9.17, 15) is 14.4 Å². The van der Waals surface area contributed by atoms with E-state index >= 15 is 0 Å². The Morgan fingerprint density at radius 1 is 1.07 bits per heavy atom. The Balaban J connectivity index is 2.23. The number of nitrogens with one attached hydrogen (secondary N) is 1. The van der Waals surface area contributed by atoms with E-state index in [4.69, 9.17) is 4.74 Å². The van der Waals surface area contributed by atoms with Crippen molar-refractivity contribution in [3.8, 4) is 0 Å². The molecule has 0 aliphatic carbocycles. The molecule has 0 fully saturated rings. The maximum atomic E-state index is 13.1. The van der Waals surface area contributed by atoms with Crippen LogP contribution in [0.3, 0.4) is 0 Å². The average molecular weight is 475 g/mol. The normalized spacial score (nSPS) is 10.6. The number of carbonyl (C=O) groups excluding carboxylic acids is 3. The largest absolute Gasteiger partial charge is 0.465 e. The van der Waals surface area contributed by atoms with Gasteiger partial charge in [-0.2, -0.15) is 0 Å². The number of anilines is 1. The summed E-state index contributed by atoms with van der Waals surface area (Å²) in [5, 5.41) is 2.87. The Labute approximate surface area is 185 Å². The molecule has 2 amide bonds. The number of hydrogen-bond acceptors (Lipinski definition) is 4. The second kappa shape index (κ2) is 10.9. The third-order valence-electron chi connectivity index (χ3n) is 4.34. The Morgan fingerprint density at radius 2 is 1.70 bits per heavy atom. The molecule has 7 heteroatoms. The first-order chi connectivity index (χ1) is 14.2. The van der Waals surface area contributed by atoms with Crippen molar-refractivity contribution in [2.45, 2.75) is 27.7 Å². The summed E-state index contributed by atoms with van der Waals surface area (Å²) >= 11 is 3.35. The summed E-state index contributed by atoms with van der Waals surface area (Å²) in [5.41, 5.74) is 2.29. The van der Waals surface area contributed by atoms with Crippen molar-refractivity contribution in [3.63, 3.8) is 0 Å². The van der Waals surface area contributed by atoms with Gasteiger partial charge in [0.05, 0.1) is 6.61 Å². The van der Waals surface area contributed by atoms with Crippen LogP contribution in [0.4, 0.5) is 5.69 Å². The van der Waals surface area contributed by atoms with Gasteiger partial charge in [0.15, 0.2) is 0 Å². The molecule has 2 aromatic carbocycles. The summed E-state index contributed by atoms with van der Waals surface area (Å²) in [6.07, 6.45) is 0. The second-order valence-corrected chi connectivity index (χ2v) is 8.29. The number of benzene rings is 2. The number of carbonyl (C=O) groups is 3. The molecule has 0 aliphatic rings. The van der Waals surface area contributed by atoms with Gasteiger partial charge in [0.1, 0.15) is 6.54 Å². The zero-order valence-electron chi connectivity index (χ0n) is 17.7. The van der Waals surface area contributed by atoms with Crippen LogP contribution in [0.2, 0.25) is 0 Å². The van der Waals surface area contributed by atoms with E-state index in [1.165, 1.54) is 4.90 Å². The lowest BCUT2D eigenvalue weighted by atomic mass is 10.1. The SMILES string of the molecule is CCOC(=O)CN(CC(C)C)C(=O)c1ccc(C)c(NC(=O)c2ccc(Br)cc2)c1. The maximum Gasteiger partial charge on any atom is 0.325 e. The highest BCUT2D eigenvalue weighted by Crippen LogP contribution is 2.20. The van der Waals surface area contributed by atoms with Gasteiger partial charge in [-0.15, -0.1) is 0 Å². The van der Waals surface area contributed by atoms with Crippen molar-refractivity contribution in [1.82, 2.24) is 4.90 Å². The number of halogens is 1. The van der Waals surface area contributed by atoms with Crippen molar-refractivity contribution in [1.29, 1.82) is 0 Å². The molecular weight excluding hydrogens is 448 g/mol. The molecule has 0 spiro atoms. The fourth-order valence-corrected chi connectivity index (χ4v) is 3.15. The van der Waals surface area contributed by atoms with Crippen molar-refractivity contribution in [3.05, 3.63) is 63.6 Å². The van der Waals surface area contributed by atoms with Crippen LogP contribution in [-0.4, -0.2) is 42.4 Å². The third-order valence-corrected chi connectivity index (χ3v) is 4.87. The third kappa shape index (κ3) is 6.69. The predicted octanol–water partition coefficient (Wildman–Crippen LogP) is 4.67. The highest BCUT2D eigenvalue weighted by atomic mass is 79.9. The van der Waals surface area contributed by atoms with E-state index in [1.807, 2.05) is 20.8 Å². The summed E-state index contributed by atoms with van der Waals surface area (Å²) < 4.78 is 5.88. The second-order valence-electron chi connectivity index (χ2n) is 7.38. The first-order valence-corrected chi connectivity index (χ1v) is 10.6. The molecular formula is C23H27BrN2O4. The van der Waals surface area contributed by atoms with Crippen molar-refractivity contribution in [2.24, 2.45) is 5.92 Å². The average Bonchev–Trinajstić information content (AvgIpc) is 2.69. The fourth-order valence-electron chi connectivity index (χ4n) is 2.89. The Kier molecular flexibility index (Phi) is 8.59. The molecule has 2 rings (SSSR count). The molecule has 0 atom stereocenters. The number of ether oxygens (including phenoxy) is 1. The summed E-state index contributed by atoms with van der Waals surface area (Å²) in [6.45, 7) is 8.11. The van der Waals surface area contributed by atoms with E-state index < -0.39 is 5.97 Å². The van der Waals surface area contributed by atoms with Gasteiger partial charge in [0.2, 0.25) is 0 Å². The quantitative estimate of drug-likeness (QED) is 0.563. The lowest BCUT2D eigenvalue weighted by Gasteiger charge is -2.24. The van der Waals surface area contributed by atoms with Gasteiger partial charge in [0, 0.05) is 27.8 Å². The number of hydrogen-bond donors (Lipinski definition) is 1. The predicted molar refractivity (Wildman–Crippen MR) is 121 cm³/mol. The summed E-state index contributed by atoms with van der Waals surface area (Å²) in [4.78, 5) is 39.1. The lowest BCUT2D eigenvalue weighted by Crippen LogP contribution is -2.39. The summed E-state index contributed by atoms with van der Waals surface area (Å²) in [6, 6.07) is 12.1. The number of nitrogens with zero attached hydrogens (tertiary/aromatic N) is 1. The molecule has 0 aromatic heterocycles. The topological polar surface area (TPSA) is 75.7 Å². The minimum Gasteiger partial charge on any atom is -0.465 e. The first-order valence-electron chi connectivity index (χ1n) is 9.83. The Bertz CT molecular complexity index is 910. The molecule has 0 unspecified atom stereocenters. The standard InChI is InChI=1S/C23H27BrN2O4/c1-5-30-21(27)14-26(13-15(2)3)23(29)18-7-6-16(4)20(12-18)25-22(28)17-8-10-19(24)11-9-17/h6-12,15H,5,13-14H2,1-4H3,(H,25,28).